The summed E-state index contributed by atoms with van der Waals surface area (Å²) >= 11 is 0. The molecule has 0 aromatic heterocycles. The second-order valence-electron chi connectivity index (χ2n) is 6.87. The predicted octanol–water partition coefficient (Wildman–Crippen LogP) is 0.334. The van der Waals surface area contributed by atoms with E-state index in [1.54, 1.807) is 23.1 Å². The molecule has 26 heavy (non-hydrogen) atoms. The van der Waals surface area contributed by atoms with Crippen molar-refractivity contribution >= 4 is 11.8 Å². The summed E-state index contributed by atoms with van der Waals surface area (Å²) in [7, 11) is 0. The molecular formula is C19H27FN4O2. The first kappa shape index (κ1) is 18.8. The quantitative estimate of drug-likeness (QED) is 0.821. The lowest BCUT2D eigenvalue weighted by Crippen LogP contribution is -2.50. The van der Waals surface area contributed by atoms with Crippen LogP contribution in [0.3, 0.4) is 0 Å². The summed E-state index contributed by atoms with van der Waals surface area (Å²) in [6.07, 6.45) is 0.636. The Morgan fingerprint density at radius 3 is 2.27 bits per heavy atom. The van der Waals surface area contributed by atoms with Crippen LogP contribution in [0.4, 0.5) is 4.39 Å². The Morgan fingerprint density at radius 1 is 0.923 bits per heavy atom. The molecule has 0 atom stereocenters. The molecule has 2 aliphatic rings. The number of amides is 2. The van der Waals surface area contributed by atoms with E-state index in [-0.39, 0.29) is 24.1 Å². The van der Waals surface area contributed by atoms with Gasteiger partial charge >= 0.3 is 0 Å². The monoisotopic (exact) mass is 362 g/mol. The van der Waals surface area contributed by atoms with Crippen molar-refractivity contribution < 1.29 is 14.0 Å². The van der Waals surface area contributed by atoms with E-state index in [2.05, 4.69) is 10.2 Å². The molecule has 0 unspecified atom stereocenters. The van der Waals surface area contributed by atoms with E-state index in [4.69, 9.17) is 0 Å². The maximum atomic E-state index is 13.7. The predicted molar refractivity (Wildman–Crippen MR) is 97.2 cm³/mol. The standard InChI is InChI=1S/C19H27FN4O2/c20-17-4-2-1-3-16(17)15-19(26)24-13-11-22(12-14-24)8-5-18(25)23-9-6-21-7-10-23/h1-4,21H,5-15H2. The highest BCUT2D eigenvalue weighted by molar-refractivity contribution is 5.79. The van der Waals surface area contributed by atoms with E-state index in [9.17, 15) is 14.0 Å². The van der Waals surface area contributed by atoms with E-state index >= 15 is 0 Å². The van der Waals surface area contributed by atoms with Gasteiger partial charge in [-0.2, -0.15) is 0 Å². The van der Waals surface area contributed by atoms with Crippen molar-refractivity contribution in [2.45, 2.75) is 12.8 Å². The molecule has 0 radical (unpaired) electrons. The van der Waals surface area contributed by atoms with Crippen LogP contribution in [0.1, 0.15) is 12.0 Å². The highest BCUT2D eigenvalue weighted by Gasteiger charge is 2.23. The van der Waals surface area contributed by atoms with Gasteiger partial charge in [-0.15, -0.1) is 0 Å². The highest BCUT2D eigenvalue weighted by Crippen LogP contribution is 2.11. The van der Waals surface area contributed by atoms with Crippen molar-refractivity contribution in [2.24, 2.45) is 0 Å². The van der Waals surface area contributed by atoms with Gasteiger partial charge in [0.2, 0.25) is 11.8 Å². The minimum Gasteiger partial charge on any atom is -0.340 e. The fourth-order valence-corrected chi connectivity index (χ4v) is 3.46. The minimum absolute atomic E-state index is 0.0355. The van der Waals surface area contributed by atoms with Gasteiger partial charge in [0.1, 0.15) is 5.82 Å². The molecule has 2 aliphatic heterocycles. The van der Waals surface area contributed by atoms with Crippen molar-refractivity contribution in [1.29, 1.82) is 0 Å². The molecule has 142 valence electrons. The Bertz CT molecular complexity index is 626. The fraction of sp³-hybridized carbons (Fsp3) is 0.579. The molecule has 0 bridgehead atoms. The van der Waals surface area contributed by atoms with Crippen LogP contribution >= 0.6 is 0 Å². The highest BCUT2D eigenvalue weighted by atomic mass is 19.1. The number of hydrogen-bond donors (Lipinski definition) is 1. The zero-order valence-corrected chi connectivity index (χ0v) is 15.1. The first-order valence-corrected chi connectivity index (χ1v) is 9.35. The first-order valence-electron chi connectivity index (χ1n) is 9.35. The van der Waals surface area contributed by atoms with Crippen molar-refractivity contribution in [3.05, 3.63) is 35.6 Å². The number of nitrogens with zero attached hydrogens (tertiary/aromatic N) is 3. The number of hydrogen-bond acceptors (Lipinski definition) is 4. The van der Waals surface area contributed by atoms with Crippen molar-refractivity contribution in [2.75, 3.05) is 58.9 Å². The van der Waals surface area contributed by atoms with Gasteiger partial charge in [0, 0.05) is 65.3 Å². The molecule has 3 rings (SSSR count). The van der Waals surface area contributed by atoms with Crippen LogP contribution in [0, 0.1) is 5.82 Å². The Hall–Kier alpha value is -1.99. The normalized spacial score (nSPS) is 18.8. The summed E-state index contributed by atoms with van der Waals surface area (Å²) in [4.78, 5) is 30.5. The summed E-state index contributed by atoms with van der Waals surface area (Å²) in [6, 6.07) is 6.42. The lowest BCUT2D eigenvalue weighted by Gasteiger charge is -2.35. The summed E-state index contributed by atoms with van der Waals surface area (Å²) in [5.74, 6) is -0.151. The molecule has 7 heteroatoms. The smallest absolute Gasteiger partial charge is 0.227 e. The number of piperazine rings is 2. The average molecular weight is 362 g/mol. The topological polar surface area (TPSA) is 55.9 Å². The van der Waals surface area contributed by atoms with Gasteiger partial charge in [0.05, 0.1) is 6.42 Å². The molecule has 2 heterocycles. The minimum atomic E-state index is -0.328. The van der Waals surface area contributed by atoms with Crippen LogP contribution in [-0.2, 0) is 16.0 Å². The number of carbonyl (C=O) groups is 2. The van der Waals surface area contributed by atoms with E-state index in [1.807, 2.05) is 4.90 Å². The van der Waals surface area contributed by atoms with Crippen LogP contribution in [0.25, 0.3) is 0 Å². The maximum Gasteiger partial charge on any atom is 0.227 e. The molecule has 0 saturated carbocycles. The molecule has 6 nitrogen and oxygen atoms in total. The van der Waals surface area contributed by atoms with Crippen molar-refractivity contribution in [3.8, 4) is 0 Å². The third kappa shape index (κ3) is 5.02. The van der Waals surface area contributed by atoms with Gasteiger partial charge in [-0.3, -0.25) is 14.5 Å². The van der Waals surface area contributed by atoms with E-state index < -0.39 is 0 Å². The van der Waals surface area contributed by atoms with Crippen molar-refractivity contribution in [3.63, 3.8) is 0 Å². The van der Waals surface area contributed by atoms with Crippen LogP contribution in [0.5, 0.6) is 0 Å². The van der Waals surface area contributed by atoms with Gasteiger partial charge in [-0.05, 0) is 11.6 Å². The van der Waals surface area contributed by atoms with Gasteiger partial charge in [-0.25, -0.2) is 4.39 Å². The zero-order chi connectivity index (χ0) is 18.4. The van der Waals surface area contributed by atoms with Crippen molar-refractivity contribution in [1.82, 2.24) is 20.0 Å². The third-order valence-corrected chi connectivity index (χ3v) is 5.14. The Labute approximate surface area is 153 Å². The second-order valence-corrected chi connectivity index (χ2v) is 6.87. The molecule has 1 aromatic carbocycles. The first-order chi connectivity index (χ1) is 12.6. The molecular weight excluding hydrogens is 335 g/mol. The molecule has 2 amide bonds. The molecule has 0 aliphatic carbocycles. The second kappa shape index (κ2) is 9.09. The molecule has 0 spiro atoms. The van der Waals surface area contributed by atoms with E-state index in [1.165, 1.54) is 6.07 Å². The van der Waals surface area contributed by atoms with E-state index in [0.29, 0.717) is 25.1 Å². The molecule has 1 N–H and O–H groups in total. The number of rotatable bonds is 5. The molecule has 2 saturated heterocycles. The van der Waals surface area contributed by atoms with E-state index in [0.717, 1.165) is 45.8 Å². The average Bonchev–Trinajstić information content (AvgIpc) is 2.69. The van der Waals surface area contributed by atoms with Gasteiger partial charge in [0.15, 0.2) is 0 Å². The third-order valence-electron chi connectivity index (χ3n) is 5.14. The summed E-state index contributed by atoms with van der Waals surface area (Å²) in [5.41, 5.74) is 0.446. The van der Waals surface area contributed by atoms with Crippen LogP contribution in [0.15, 0.2) is 24.3 Å². The lowest BCUT2D eigenvalue weighted by molar-refractivity contribution is -0.134. The SMILES string of the molecule is O=C(CCN1CCN(C(=O)Cc2ccccc2F)CC1)N1CCNCC1. The summed E-state index contributed by atoms with van der Waals surface area (Å²) in [6.45, 7) is 6.84. The Balaban J connectivity index is 1.39. The number of carbonyl (C=O) groups excluding carboxylic acids is 2. The zero-order valence-electron chi connectivity index (χ0n) is 15.1. The van der Waals surface area contributed by atoms with Crippen LogP contribution < -0.4 is 5.32 Å². The summed E-state index contributed by atoms with van der Waals surface area (Å²) in [5, 5.41) is 3.25. The largest absolute Gasteiger partial charge is 0.340 e. The molecule has 1 aromatic rings. The van der Waals surface area contributed by atoms with Gasteiger partial charge < -0.3 is 15.1 Å². The lowest BCUT2D eigenvalue weighted by atomic mass is 10.1. The maximum absolute atomic E-state index is 13.7. The fourth-order valence-electron chi connectivity index (χ4n) is 3.46. The Kier molecular flexibility index (Phi) is 6.57. The summed E-state index contributed by atoms with van der Waals surface area (Å²) < 4.78 is 13.7. The van der Waals surface area contributed by atoms with Crippen LogP contribution in [0.2, 0.25) is 0 Å². The number of benzene rings is 1. The number of halogens is 1. The number of nitrogens with one attached hydrogen (secondary N) is 1. The van der Waals surface area contributed by atoms with Gasteiger partial charge in [-0.1, -0.05) is 18.2 Å². The molecule has 2 fully saturated rings. The Morgan fingerprint density at radius 2 is 1.58 bits per heavy atom. The van der Waals surface area contributed by atoms with Gasteiger partial charge in [0.25, 0.3) is 0 Å². The van der Waals surface area contributed by atoms with Crippen LogP contribution in [-0.4, -0.2) is 85.4 Å².